The third-order valence-corrected chi connectivity index (χ3v) is 7.39. The van der Waals surface area contributed by atoms with E-state index in [9.17, 15) is 4.79 Å². The highest BCUT2D eigenvalue weighted by molar-refractivity contribution is 5.78. The molecule has 6 nitrogen and oxygen atoms in total. The molecule has 0 fully saturated rings. The van der Waals surface area contributed by atoms with Crippen molar-refractivity contribution in [1.82, 2.24) is 10.2 Å². The highest BCUT2D eigenvalue weighted by Crippen LogP contribution is 2.36. The Morgan fingerprint density at radius 3 is 2.27 bits per heavy atom. The smallest absolute Gasteiger partial charge is 0.234 e. The van der Waals surface area contributed by atoms with Crippen LogP contribution in [0, 0.1) is 0 Å². The van der Waals surface area contributed by atoms with Gasteiger partial charge in [0.15, 0.2) is 11.5 Å². The first-order valence-corrected chi connectivity index (χ1v) is 13.7. The van der Waals surface area contributed by atoms with Gasteiger partial charge in [0.1, 0.15) is 12.4 Å². The van der Waals surface area contributed by atoms with Crippen LogP contribution < -0.4 is 19.5 Å². The minimum atomic E-state index is 0.0208. The topological polar surface area (TPSA) is 60.0 Å². The van der Waals surface area contributed by atoms with Gasteiger partial charge in [0.2, 0.25) is 5.91 Å². The molecule has 1 atom stereocenters. The third-order valence-electron chi connectivity index (χ3n) is 7.39. The molecule has 0 saturated carbocycles. The lowest BCUT2D eigenvalue weighted by molar-refractivity contribution is -0.123. The number of fused-ring (bicyclic) bond motifs is 1. The number of benzene rings is 4. The van der Waals surface area contributed by atoms with E-state index < -0.39 is 0 Å². The summed E-state index contributed by atoms with van der Waals surface area (Å²) in [6.07, 6.45) is 1.59. The van der Waals surface area contributed by atoms with E-state index in [-0.39, 0.29) is 11.9 Å². The Kier molecular flexibility index (Phi) is 8.99. The van der Waals surface area contributed by atoms with Crippen molar-refractivity contribution in [1.29, 1.82) is 0 Å². The van der Waals surface area contributed by atoms with Crippen LogP contribution in [0.25, 0.3) is 0 Å². The maximum atomic E-state index is 13.0. The van der Waals surface area contributed by atoms with Crippen LogP contribution in [0.1, 0.15) is 33.9 Å². The zero-order chi connectivity index (χ0) is 27.7. The highest BCUT2D eigenvalue weighted by atomic mass is 16.5. The van der Waals surface area contributed by atoms with Crippen molar-refractivity contribution < 1.29 is 19.0 Å². The van der Waals surface area contributed by atoms with Crippen LogP contribution in [0.2, 0.25) is 0 Å². The molecule has 4 aromatic carbocycles. The molecule has 1 unspecified atom stereocenters. The van der Waals surface area contributed by atoms with E-state index in [0.717, 1.165) is 41.8 Å². The van der Waals surface area contributed by atoms with Gasteiger partial charge in [-0.05, 0) is 64.9 Å². The molecule has 5 rings (SSSR count). The molecular weight excluding hydrogens is 500 g/mol. The summed E-state index contributed by atoms with van der Waals surface area (Å²) in [5.74, 6) is 2.29. The van der Waals surface area contributed by atoms with Crippen LogP contribution in [-0.2, 0) is 30.8 Å². The summed E-state index contributed by atoms with van der Waals surface area (Å²) in [4.78, 5) is 15.3. The number of ether oxygens (including phenoxy) is 3. The lowest BCUT2D eigenvalue weighted by atomic mass is 9.88. The van der Waals surface area contributed by atoms with E-state index in [4.69, 9.17) is 14.2 Å². The van der Waals surface area contributed by atoms with Gasteiger partial charge >= 0.3 is 0 Å². The number of nitrogens with zero attached hydrogens (tertiary/aromatic N) is 1. The Morgan fingerprint density at radius 2 is 1.55 bits per heavy atom. The Morgan fingerprint density at radius 1 is 0.825 bits per heavy atom. The molecule has 0 spiro atoms. The van der Waals surface area contributed by atoms with E-state index in [1.807, 2.05) is 66.7 Å². The monoisotopic (exact) mass is 536 g/mol. The maximum Gasteiger partial charge on any atom is 0.234 e. The van der Waals surface area contributed by atoms with E-state index in [0.29, 0.717) is 31.2 Å². The minimum absolute atomic E-state index is 0.0208. The molecule has 1 amide bonds. The molecule has 206 valence electrons. The Bertz CT molecular complexity index is 1410. The summed E-state index contributed by atoms with van der Waals surface area (Å²) in [7, 11) is 3.29. The van der Waals surface area contributed by atoms with Gasteiger partial charge in [-0.15, -0.1) is 0 Å². The van der Waals surface area contributed by atoms with Gasteiger partial charge in [-0.3, -0.25) is 9.69 Å². The van der Waals surface area contributed by atoms with Crippen LogP contribution in [0.5, 0.6) is 17.2 Å². The lowest BCUT2D eigenvalue weighted by Gasteiger charge is -2.37. The molecule has 4 aromatic rings. The summed E-state index contributed by atoms with van der Waals surface area (Å²) in [6.45, 7) is 2.16. The summed E-state index contributed by atoms with van der Waals surface area (Å²) in [6, 6.07) is 32.6. The van der Waals surface area contributed by atoms with Gasteiger partial charge in [-0.1, -0.05) is 72.8 Å². The number of methoxy groups -OCH3 is 2. The van der Waals surface area contributed by atoms with E-state index >= 15 is 0 Å². The maximum absolute atomic E-state index is 13.0. The first-order valence-electron chi connectivity index (χ1n) is 13.7. The number of hydrogen-bond donors (Lipinski definition) is 1. The normalized spacial score (nSPS) is 14.7. The van der Waals surface area contributed by atoms with E-state index in [2.05, 4.69) is 40.5 Å². The standard InChI is InChI=1S/C34H36N2O4/c1-38-32-16-13-27(20-33(32)39-2)19-31-30-15-14-29(40-24-26-11-7-4-8-12-26)21-28(30)17-18-36(31)23-34(37)35-22-25-9-5-3-6-10-25/h3-16,20-21,31H,17-19,22-24H2,1-2H3,(H,35,37). The van der Waals surface area contributed by atoms with Gasteiger partial charge < -0.3 is 19.5 Å². The van der Waals surface area contributed by atoms with Crippen molar-refractivity contribution in [2.24, 2.45) is 0 Å². The van der Waals surface area contributed by atoms with Crippen LogP contribution >= 0.6 is 0 Å². The van der Waals surface area contributed by atoms with Crippen molar-refractivity contribution in [2.75, 3.05) is 27.3 Å². The van der Waals surface area contributed by atoms with Crippen LogP contribution in [0.4, 0.5) is 0 Å². The van der Waals surface area contributed by atoms with Crippen LogP contribution in [0.3, 0.4) is 0 Å². The predicted molar refractivity (Wildman–Crippen MR) is 157 cm³/mol. The summed E-state index contributed by atoms with van der Waals surface area (Å²) in [5, 5.41) is 3.09. The quantitative estimate of drug-likeness (QED) is 0.265. The van der Waals surface area contributed by atoms with Gasteiger partial charge in [0, 0.05) is 19.1 Å². The van der Waals surface area contributed by atoms with Gasteiger partial charge in [0.05, 0.1) is 20.8 Å². The minimum Gasteiger partial charge on any atom is -0.493 e. The molecule has 0 aliphatic carbocycles. The van der Waals surface area contributed by atoms with Crippen LogP contribution in [-0.4, -0.2) is 38.1 Å². The molecule has 1 aliphatic rings. The second kappa shape index (κ2) is 13.2. The summed E-state index contributed by atoms with van der Waals surface area (Å²) >= 11 is 0. The predicted octanol–water partition coefficient (Wildman–Crippen LogP) is 5.74. The average molecular weight is 537 g/mol. The zero-order valence-electron chi connectivity index (χ0n) is 23.1. The molecule has 40 heavy (non-hydrogen) atoms. The largest absolute Gasteiger partial charge is 0.493 e. The van der Waals surface area contributed by atoms with Gasteiger partial charge in [-0.2, -0.15) is 0 Å². The third kappa shape index (κ3) is 6.82. The molecule has 0 saturated heterocycles. The fourth-order valence-corrected chi connectivity index (χ4v) is 5.27. The Hall–Kier alpha value is -4.29. The number of amides is 1. The zero-order valence-corrected chi connectivity index (χ0v) is 23.1. The van der Waals surface area contributed by atoms with E-state index in [1.165, 1.54) is 11.1 Å². The number of rotatable bonds is 11. The highest BCUT2D eigenvalue weighted by Gasteiger charge is 2.29. The number of carbonyl (C=O) groups excluding carboxylic acids is 1. The molecule has 1 N–H and O–H groups in total. The SMILES string of the molecule is COc1ccc(CC2c3ccc(OCc4ccccc4)cc3CCN2CC(=O)NCc2ccccc2)cc1OC. The second-order valence-electron chi connectivity index (χ2n) is 10.0. The molecule has 0 bridgehead atoms. The fraction of sp³-hybridized carbons (Fsp3) is 0.265. The molecule has 0 radical (unpaired) electrons. The summed E-state index contributed by atoms with van der Waals surface area (Å²) in [5.41, 5.74) is 5.83. The van der Waals surface area contributed by atoms with Crippen molar-refractivity contribution in [3.8, 4) is 17.2 Å². The van der Waals surface area contributed by atoms with Crippen LogP contribution in [0.15, 0.2) is 97.1 Å². The van der Waals surface area contributed by atoms with Crippen molar-refractivity contribution in [3.05, 3.63) is 125 Å². The first-order chi connectivity index (χ1) is 19.6. The molecule has 1 heterocycles. The molecule has 0 aromatic heterocycles. The van der Waals surface area contributed by atoms with Crippen molar-refractivity contribution >= 4 is 5.91 Å². The molecule has 1 aliphatic heterocycles. The van der Waals surface area contributed by atoms with Crippen molar-refractivity contribution in [3.63, 3.8) is 0 Å². The van der Waals surface area contributed by atoms with Crippen molar-refractivity contribution in [2.45, 2.75) is 32.0 Å². The second-order valence-corrected chi connectivity index (χ2v) is 10.0. The molecular formula is C34H36N2O4. The fourth-order valence-electron chi connectivity index (χ4n) is 5.27. The number of carbonyl (C=O) groups is 1. The Balaban J connectivity index is 1.35. The Labute approximate surface area is 236 Å². The molecule has 6 heteroatoms. The van der Waals surface area contributed by atoms with Gasteiger partial charge in [-0.25, -0.2) is 0 Å². The number of hydrogen-bond acceptors (Lipinski definition) is 5. The first kappa shape index (κ1) is 27.3. The summed E-state index contributed by atoms with van der Waals surface area (Å²) < 4.78 is 17.1. The number of nitrogens with one attached hydrogen (secondary N) is 1. The van der Waals surface area contributed by atoms with Gasteiger partial charge in [0.25, 0.3) is 0 Å². The lowest BCUT2D eigenvalue weighted by Crippen LogP contribution is -2.43. The van der Waals surface area contributed by atoms with E-state index in [1.54, 1.807) is 14.2 Å². The average Bonchev–Trinajstić information content (AvgIpc) is 3.01.